The maximum Gasteiger partial charge on any atom is 0.354 e. The zero-order valence-corrected chi connectivity index (χ0v) is 13.0. The Balaban J connectivity index is 1.92. The number of hydrogen-bond acceptors (Lipinski definition) is 4. The highest BCUT2D eigenvalue weighted by atomic mass is 32.1. The van der Waals surface area contributed by atoms with Gasteiger partial charge < -0.3 is 10.0 Å². The first-order valence-corrected chi connectivity index (χ1v) is 8.07. The van der Waals surface area contributed by atoms with Gasteiger partial charge in [0.25, 0.3) is 5.91 Å². The van der Waals surface area contributed by atoms with Crippen LogP contribution < -0.4 is 0 Å². The summed E-state index contributed by atoms with van der Waals surface area (Å²) in [6, 6.07) is 6.64. The van der Waals surface area contributed by atoms with Crippen molar-refractivity contribution >= 4 is 23.2 Å². The number of hydrogen-bond donors (Lipinski definition) is 1. The summed E-state index contributed by atoms with van der Waals surface area (Å²) >= 11 is 1.73. The molecule has 0 aromatic carbocycles. The van der Waals surface area contributed by atoms with Gasteiger partial charge in [0.2, 0.25) is 0 Å². The summed E-state index contributed by atoms with van der Waals surface area (Å²) in [6.07, 6.45) is 1.67. The lowest BCUT2D eigenvalue weighted by Crippen LogP contribution is -2.39. The van der Waals surface area contributed by atoms with Gasteiger partial charge in [0.05, 0.1) is 6.04 Å². The van der Waals surface area contributed by atoms with E-state index in [4.69, 9.17) is 5.11 Å². The first kappa shape index (κ1) is 14.7. The van der Waals surface area contributed by atoms with E-state index in [1.807, 2.05) is 4.90 Å². The van der Waals surface area contributed by atoms with Crippen molar-refractivity contribution in [3.05, 3.63) is 51.5 Å². The topological polar surface area (TPSA) is 70.5 Å². The maximum absolute atomic E-state index is 12.7. The Labute approximate surface area is 132 Å². The molecule has 0 fully saturated rings. The summed E-state index contributed by atoms with van der Waals surface area (Å²) in [5, 5.41) is 11.1. The number of aromatic carboxylic acids is 1. The first-order chi connectivity index (χ1) is 10.6. The maximum atomic E-state index is 12.7. The third-order valence-electron chi connectivity index (χ3n) is 3.93. The van der Waals surface area contributed by atoms with Crippen LogP contribution in [0.5, 0.6) is 0 Å². The van der Waals surface area contributed by atoms with Gasteiger partial charge in [-0.1, -0.05) is 13.0 Å². The Morgan fingerprint density at radius 2 is 2.14 bits per heavy atom. The van der Waals surface area contributed by atoms with Gasteiger partial charge in [-0.25, -0.2) is 9.78 Å². The molecule has 0 bridgehead atoms. The van der Waals surface area contributed by atoms with Crippen LogP contribution >= 0.6 is 11.3 Å². The highest BCUT2D eigenvalue weighted by Crippen LogP contribution is 2.35. The average Bonchev–Trinajstić information content (AvgIpc) is 3.01. The number of carbonyl (C=O) groups excluding carboxylic acids is 1. The number of nitrogens with zero attached hydrogens (tertiary/aromatic N) is 2. The van der Waals surface area contributed by atoms with Gasteiger partial charge in [0, 0.05) is 11.4 Å². The molecule has 0 saturated carbocycles. The molecule has 1 aliphatic heterocycles. The van der Waals surface area contributed by atoms with E-state index >= 15 is 0 Å². The van der Waals surface area contributed by atoms with Gasteiger partial charge in [0.1, 0.15) is 11.4 Å². The fraction of sp³-hybridized carbons (Fsp3) is 0.312. The SMILES string of the molecule is CC[C@@H]1c2ccsc2CCN1C(=O)c1cccc(C(=O)O)n1. The molecule has 114 valence electrons. The number of carboxylic acid groups (broad SMARTS) is 1. The Morgan fingerprint density at radius 3 is 2.86 bits per heavy atom. The van der Waals surface area contributed by atoms with E-state index in [-0.39, 0.29) is 23.3 Å². The number of carboxylic acids is 1. The second-order valence-corrected chi connectivity index (χ2v) is 6.19. The van der Waals surface area contributed by atoms with Gasteiger partial charge in [-0.3, -0.25) is 4.79 Å². The first-order valence-electron chi connectivity index (χ1n) is 7.19. The van der Waals surface area contributed by atoms with Gasteiger partial charge in [-0.05, 0) is 42.0 Å². The van der Waals surface area contributed by atoms with E-state index in [9.17, 15) is 9.59 Å². The minimum atomic E-state index is -1.12. The molecule has 0 aliphatic carbocycles. The van der Waals surface area contributed by atoms with Gasteiger partial charge >= 0.3 is 5.97 Å². The van der Waals surface area contributed by atoms with Crippen LogP contribution in [-0.4, -0.2) is 33.4 Å². The number of amides is 1. The molecule has 5 nitrogen and oxygen atoms in total. The fourth-order valence-electron chi connectivity index (χ4n) is 2.90. The van der Waals surface area contributed by atoms with Crippen molar-refractivity contribution in [2.75, 3.05) is 6.54 Å². The van der Waals surface area contributed by atoms with Crippen molar-refractivity contribution in [3.63, 3.8) is 0 Å². The largest absolute Gasteiger partial charge is 0.477 e. The molecular formula is C16H16N2O3S. The molecule has 3 heterocycles. The summed E-state index contributed by atoms with van der Waals surface area (Å²) in [5.74, 6) is -1.33. The van der Waals surface area contributed by atoms with Crippen LogP contribution in [0.15, 0.2) is 29.6 Å². The molecule has 0 spiro atoms. The number of thiophene rings is 1. The van der Waals surface area contributed by atoms with Crippen LogP contribution in [0.1, 0.15) is 50.8 Å². The molecule has 3 rings (SSSR count). The van der Waals surface area contributed by atoms with Crippen LogP contribution in [-0.2, 0) is 6.42 Å². The summed E-state index contributed by atoms with van der Waals surface area (Å²) < 4.78 is 0. The molecule has 2 aromatic rings. The number of carbonyl (C=O) groups is 2. The molecule has 0 radical (unpaired) electrons. The molecule has 2 aromatic heterocycles. The smallest absolute Gasteiger partial charge is 0.354 e. The van der Waals surface area contributed by atoms with Crippen LogP contribution in [0.3, 0.4) is 0 Å². The highest BCUT2D eigenvalue weighted by molar-refractivity contribution is 7.10. The molecule has 1 aliphatic rings. The van der Waals surface area contributed by atoms with Crippen molar-refractivity contribution in [1.82, 2.24) is 9.88 Å². The molecule has 22 heavy (non-hydrogen) atoms. The van der Waals surface area contributed by atoms with E-state index in [2.05, 4.69) is 23.4 Å². The molecule has 1 N–H and O–H groups in total. The summed E-state index contributed by atoms with van der Waals surface area (Å²) in [4.78, 5) is 30.9. The lowest BCUT2D eigenvalue weighted by atomic mass is 9.97. The zero-order chi connectivity index (χ0) is 15.7. The second-order valence-electron chi connectivity index (χ2n) is 5.18. The Hall–Kier alpha value is -2.21. The summed E-state index contributed by atoms with van der Waals surface area (Å²) in [7, 11) is 0. The third-order valence-corrected chi connectivity index (χ3v) is 4.93. The van der Waals surface area contributed by atoms with Gasteiger partial charge in [-0.15, -0.1) is 11.3 Å². The Bertz CT molecular complexity index is 726. The fourth-order valence-corrected chi connectivity index (χ4v) is 3.83. The molecule has 1 amide bonds. The molecular weight excluding hydrogens is 300 g/mol. The molecule has 0 unspecified atom stereocenters. The monoisotopic (exact) mass is 316 g/mol. The van der Waals surface area contributed by atoms with Crippen molar-refractivity contribution in [3.8, 4) is 0 Å². The van der Waals surface area contributed by atoms with Crippen molar-refractivity contribution < 1.29 is 14.7 Å². The van der Waals surface area contributed by atoms with E-state index < -0.39 is 5.97 Å². The van der Waals surface area contributed by atoms with Gasteiger partial charge in [0.15, 0.2) is 0 Å². The van der Waals surface area contributed by atoms with E-state index in [0.29, 0.717) is 6.54 Å². The second kappa shape index (κ2) is 5.88. The minimum Gasteiger partial charge on any atom is -0.477 e. The lowest BCUT2D eigenvalue weighted by Gasteiger charge is -2.35. The normalized spacial score (nSPS) is 17.1. The van der Waals surface area contributed by atoms with Crippen LogP contribution in [0.2, 0.25) is 0 Å². The Kier molecular flexibility index (Phi) is 3.94. The van der Waals surface area contributed by atoms with Crippen LogP contribution in [0.4, 0.5) is 0 Å². The predicted molar refractivity (Wildman–Crippen MR) is 83.3 cm³/mol. The van der Waals surface area contributed by atoms with Gasteiger partial charge in [-0.2, -0.15) is 0 Å². The number of pyridine rings is 1. The Morgan fingerprint density at radius 1 is 1.36 bits per heavy atom. The molecule has 6 heteroatoms. The predicted octanol–water partition coefficient (Wildman–Crippen LogP) is 2.99. The van der Waals surface area contributed by atoms with E-state index in [1.165, 1.54) is 16.5 Å². The average molecular weight is 316 g/mol. The van der Waals surface area contributed by atoms with E-state index in [1.54, 1.807) is 23.5 Å². The number of rotatable bonds is 3. The summed E-state index contributed by atoms with van der Waals surface area (Å²) in [6.45, 7) is 2.70. The van der Waals surface area contributed by atoms with E-state index in [0.717, 1.165) is 12.8 Å². The van der Waals surface area contributed by atoms with Crippen molar-refractivity contribution in [2.45, 2.75) is 25.8 Å². The highest BCUT2D eigenvalue weighted by Gasteiger charge is 2.31. The zero-order valence-electron chi connectivity index (χ0n) is 12.2. The lowest BCUT2D eigenvalue weighted by molar-refractivity contribution is 0.0650. The minimum absolute atomic E-state index is 0.0396. The summed E-state index contributed by atoms with van der Waals surface area (Å²) in [5.41, 5.74) is 1.30. The quantitative estimate of drug-likeness (QED) is 0.945. The van der Waals surface area contributed by atoms with Crippen LogP contribution in [0, 0.1) is 0 Å². The van der Waals surface area contributed by atoms with Crippen LogP contribution in [0.25, 0.3) is 0 Å². The van der Waals surface area contributed by atoms with Crippen molar-refractivity contribution in [1.29, 1.82) is 0 Å². The standard InChI is InChI=1S/C16H16N2O3S/c1-2-13-10-7-9-22-14(10)6-8-18(13)15(19)11-4-3-5-12(17-11)16(20)21/h3-5,7,9,13H,2,6,8H2,1H3,(H,20,21)/t13-/m1/s1. The third kappa shape index (κ3) is 2.50. The number of aromatic nitrogens is 1. The molecule has 1 atom stereocenters. The van der Waals surface area contributed by atoms with Crippen molar-refractivity contribution in [2.24, 2.45) is 0 Å². The number of fused-ring (bicyclic) bond motifs is 1. The molecule has 0 saturated heterocycles.